The van der Waals surface area contributed by atoms with Crippen LogP contribution in [0.2, 0.25) is 0 Å². The Morgan fingerprint density at radius 2 is 1.35 bits per heavy atom. The van der Waals surface area contributed by atoms with Crippen LogP contribution in [0.5, 0.6) is 0 Å². The molecular weight excluding hydrogens is 1300 g/mol. The number of hydrogen-bond donors (Lipinski definition) is 10. The van der Waals surface area contributed by atoms with Gasteiger partial charge >= 0.3 is 12.1 Å². The number of nitrogens with one attached hydrogen (secondary N) is 7. The molecule has 101 heavy (non-hydrogen) atoms. The molecule has 1 saturated heterocycles. The Morgan fingerprint density at radius 3 is 1.97 bits per heavy atom. The van der Waals surface area contributed by atoms with E-state index in [9.17, 15) is 53.1 Å². The summed E-state index contributed by atoms with van der Waals surface area (Å²) in [5.74, 6) is -5.74. The number of hydrogen-bond acceptors (Lipinski definition) is 16. The van der Waals surface area contributed by atoms with E-state index in [0.29, 0.717) is 62.0 Å². The highest BCUT2D eigenvalue weighted by Crippen LogP contribution is 2.31. The molecule has 27 nitrogen and oxygen atoms in total. The third-order valence-electron chi connectivity index (χ3n) is 19.3. The number of likely N-dealkylation sites (N-methyl/N-ethyl adjacent to an activating group) is 2. The average molecular weight is 1420 g/mol. The van der Waals surface area contributed by atoms with Crippen molar-refractivity contribution in [1.29, 1.82) is 0 Å². The Morgan fingerprint density at radius 1 is 0.683 bits per heavy atom. The molecule has 0 spiro atoms. The summed E-state index contributed by atoms with van der Waals surface area (Å²) in [6.45, 7) is 18.7. The van der Waals surface area contributed by atoms with Crippen LogP contribution in [-0.4, -0.2) is 200 Å². The smallest absolute Gasteiger partial charge is 0.410 e. The largest absolute Gasteiger partial charge is 0.445 e. The Balaban J connectivity index is 1.35. The van der Waals surface area contributed by atoms with Gasteiger partial charge in [0.2, 0.25) is 47.3 Å². The van der Waals surface area contributed by atoms with E-state index >= 15 is 0 Å². The third kappa shape index (κ3) is 27.5. The number of nitrogens with zero attached hydrogens (tertiary/aromatic N) is 3. The van der Waals surface area contributed by atoms with Crippen molar-refractivity contribution < 1.29 is 72.0 Å². The second-order valence-corrected chi connectivity index (χ2v) is 28.1. The molecule has 1 fully saturated rings. The Kier molecular flexibility index (Phi) is 37.3. The van der Waals surface area contributed by atoms with Gasteiger partial charge in [-0.25, -0.2) is 9.59 Å². The lowest BCUT2D eigenvalue weighted by atomic mass is 9.89. The molecule has 2 aromatic carbocycles. The minimum atomic E-state index is -1.13. The van der Waals surface area contributed by atoms with Gasteiger partial charge in [-0.05, 0) is 118 Å². The molecule has 2 aromatic rings. The number of nitrogens with two attached hydrogens (primary N) is 2. The van der Waals surface area contributed by atoms with Gasteiger partial charge in [-0.2, -0.15) is 0 Å². The topological polar surface area (TPSA) is 374 Å². The number of aliphatic hydroxyl groups is 1. The van der Waals surface area contributed by atoms with Gasteiger partial charge in [0.25, 0.3) is 0 Å². The first-order valence-electron chi connectivity index (χ1n) is 36.2. The Bertz CT molecular complexity index is 2980. The number of carbonyl (C=O) groups is 10. The lowest BCUT2D eigenvalue weighted by Crippen LogP contribution is -2.60. The fourth-order valence-electron chi connectivity index (χ4n) is 13.0. The highest BCUT2D eigenvalue weighted by atomic mass is 16.6. The fraction of sp³-hybridized carbons (Fsp3) is 0.676. The number of unbranched alkanes of at least 4 members (excludes halogenated alkanes) is 1. The monoisotopic (exact) mass is 1420 g/mol. The minimum Gasteiger partial charge on any atom is -0.445 e. The second kappa shape index (κ2) is 43.9. The third-order valence-corrected chi connectivity index (χ3v) is 19.3. The molecule has 11 amide bonds. The van der Waals surface area contributed by atoms with E-state index in [1.807, 2.05) is 38.1 Å². The van der Waals surface area contributed by atoms with Crippen molar-refractivity contribution in [1.82, 2.24) is 46.6 Å². The lowest BCUT2D eigenvalue weighted by molar-refractivity contribution is -0.148. The van der Waals surface area contributed by atoms with Gasteiger partial charge in [0.05, 0.1) is 60.9 Å². The number of urea groups is 1. The van der Waals surface area contributed by atoms with Crippen LogP contribution in [-0.2, 0) is 63.9 Å². The van der Waals surface area contributed by atoms with Gasteiger partial charge in [-0.3, -0.25) is 43.3 Å². The maximum absolute atomic E-state index is 14.8. The fourth-order valence-corrected chi connectivity index (χ4v) is 13.0. The van der Waals surface area contributed by atoms with Gasteiger partial charge in [-0.15, -0.1) is 0 Å². The van der Waals surface area contributed by atoms with E-state index in [4.69, 9.17) is 30.4 Å². The van der Waals surface area contributed by atoms with Crippen molar-refractivity contribution in [2.45, 2.75) is 238 Å². The van der Waals surface area contributed by atoms with E-state index in [1.54, 1.807) is 109 Å². The molecule has 1 heterocycles. The molecule has 1 aliphatic heterocycles. The predicted octanol–water partition coefficient (Wildman–Crippen LogP) is 6.11. The van der Waals surface area contributed by atoms with Gasteiger partial charge < -0.3 is 82.5 Å². The number of methoxy groups -OCH3 is 2. The molecular formula is C74H120N12O15. The van der Waals surface area contributed by atoms with Gasteiger partial charge in [0.1, 0.15) is 37.4 Å². The highest BCUT2D eigenvalue weighted by molar-refractivity contribution is 5.99. The first-order chi connectivity index (χ1) is 47.9. The summed E-state index contributed by atoms with van der Waals surface area (Å²) in [7, 11) is 6.09. The molecule has 27 heteroatoms. The molecule has 0 radical (unpaired) electrons. The maximum Gasteiger partial charge on any atom is 0.410 e. The summed E-state index contributed by atoms with van der Waals surface area (Å²) in [5, 5.41) is 30.5. The van der Waals surface area contributed by atoms with Gasteiger partial charge in [0, 0.05) is 53.6 Å². The van der Waals surface area contributed by atoms with E-state index in [0.717, 1.165) is 32.1 Å². The molecule has 2 aliphatic rings. The van der Waals surface area contributed by atoms with Crippen LogP contribution < -0.4 is 48.7 Å². The summed E-state index contributed by atoms with van der Waals surface area (Å²) in [4.78, 5) is 141. The van der Waals surface area contributed by atoms with E-state index in [2.05, 4.69) is 43.3 Å². The Hall–Kier alpha value is -7.72. The molecule has 1 aliphatic carbocycles. The number of aliphatic hydroxyl groups excluding tert-OH is 1. The van der Waals surface area contributed by atoms with Crippen molar-refractivity contribution in [2.24, 2.45) is 41.1 Å². The average Bonchev–Trinajstić information content (AvgIpc) is 1.77. The SMILES string of the molecule is CC[C@H](C)[C@@H]([C@@H](CC(=O)N1CCC[C@H]1[C@H](OC)[C@@H](C)C(=O)N[C@H](C)[C@@H](O)c1ccccc1)OC)N(C)C(=O)[C@@H](NC(=O)[C@H](C(C)C)N(C)C(=O)OCc1ccc(NC(=O)[C@H](CCCNC(N)=O)NC(=O)[C@@H](NC(=O)[C@H](N)CCCCNC(=O)COC2/C=C\CCCCC2)C(C)C)cc1)C(C)C. The second-order valence-electron chi connectivity index (χ2n) is 28.1. The molecule has 1 unspecified atom stereocenters. The molecule has 14 atom stereocenters. The molecule has 0 bridgehead atoms. The van der Waals surface area contributed by atoms with Gasteiger partial charge in [-0.1, -0.05) is 136 Å². The number of carbonyl (C=O) groups excluding carboxylic acids is 10. The van der Waals surface area contributed by atoms with E-state index in [1.165, 1.54) is 26.2 Å². The standard InChI is InChI=1S/C74H120N12O15/c1-15-48(8)64(58(98-13)42-60(88)86-41-27-34-57(86)66(99-14)49(9)67(90)79-50(10)65(89)52-28-20-19-21-29-52)84(11)72(95)62(46(4)5)83-71(94)63(47(6)7)85(12)74(97)101-43-51-35-37-53(38-36-51)80-69(92)56(33-26-40-78-73(76)96)81-70(93)61(45(2)3)82-68(91)55(75)32-24-25-39-77-59(87)44-100-54-30-22-17-16-18-23-31-54/h19-22,28-30,35-38,45-50,54-58,61-66,89H,15-18,23-27,31-34,39-44,75H2,1-14H3,(H,77,87)(H,79,90)(H,80,92)(H,81,93)(H,82,91)(H,83,94)(H3,76,78,96)/b30-22-/t48-,49+,50+,54?,55+,56-,57-,58+,61-,62-,63-,64-,65+,66+/m0/s1. The van der Waals surface area contributed by atoms with E-state index in [-0.39, 0.29) is 75.2 Å². The molecule has 566 valence electrons. The number of ether oxygens (including phenoxy) is 4. The van der Waals surface area contributed by atoms with Crippen LogP contribution in [0.4, 0.5) is 15.3 Å². The normalized spacial score (nSPS) is 18.6. The van der Waals surface area contributed by atoms with E-state index < -0.39 is 132 Å². The van der Waals surface area contributed by atoms with Crippen LogP contribution in [0.25, 0.3) is 0 Å². The quantitative estimate of drug-likeness (QED) is 0.0265. The lowest BCUT2D eigenvalue weighted by Gasteiger charge is -2.41. The first kappa shape index (κ1) is 85.7. The van der Waals surface area contributed by atoms with Crippen LogP contribution in [0, 0.1) is 29.6 Å². The van der Waals surface area contributed by atoms with Crippen LogP contribution in [0.15, 0.2) is 66.7 Å². The number of primary amides is 1. The maximum atomic E-state index is 14.8. The summed E-state index contributed by atoms with van der Waals surface area (Å²) < 4.78 is 23.6. The van der Waals surface area contributed by atoms with Crippen molar-refractivity contribution in [3.63, 3.8) is 0 Å². The van der Waals surface area contributed by atoms with Crippen molar-refractivity contribution in [3.8, 4) is 0 Å². The number of benzene rings is 2. The summed E-state index contributed by atoms with van der Waals surface area (Å²) >= 11 is 0. The number of amides is 11. The van der Waals surface area contributed by atoms with Crippen LogP contribution >= 0.6 is 0 Å². The van der Waals surface area contributed by atoms with Crippen molar-refractivity contribution in [3.05, 3.63) is 77.9 Å². The zero-order valence-corrected chi connectivity index (χ0v) is 62.3. The first-order valence-corrected chi connectivity index (χ1v) is 36.2. The summed E-state index contributed by atoms with van der Waals surface area (Å²) in [6, 6.07) is 7.71. The number of likely N-dealkylation sites (tertiary alicyclic amines) is 1. The molecule has 0 aromatic heterocycles. The van der Waals surface area contributed by atoms with Gasteiger partial charge in [0.15, 0.2) is 0 Å². The summed E-state index contributed by atoms with van der Waals surface area (Å²) in [5.41, 5.74) is 13.1. The molecule has 0 saturated carbocycles. The number of allylic oxidation sites excluding steroid dienone is 1. The number of rotatable bonds is 41. The van der Waals surface area contributed by atoms with Crippen LogP contribution in [0.1, 0.15) is 176 Å². The molecule has 4 rings (SSSR count). The highest BCUT2D eigenvalue weighted by Gasteiger charge is 2.44. The summed E-state index contributed by atoms with van der Waals surface area (Å²) in [6.07, 6.45) is 9.57. The Labute approximate surface area is 598 Å². The zero-order chi connectivity index (χ0) is 75.0. The predicted molar refractivity (Wildman–Crippen MR) is 386 cm³/mol. The number of anilines is 1. The zero-order valence-electron chi connectivity index (χ0n) is 62.3. The van der Waals surface area contributed by atoms with Crippen molar-refractivity contribution >= 4 is 65.1 Å². The van der Waals surface area contributed by atoms with Crippen molar-refractivity contribution in [2.75, 3.05) is 59.9 Å². The van der Waals surface area contributed by atoms with Crippen LogP contribution in [0.3, 0.4) is 0 Å². The minimum absolute atomic E-state index is 0.0418. The molecule has 12 N–H and O–H groups in total.